The van der Waals surface area contributed by atoms with Crippen molar-refractivity contribution in [2.75, 3.05) is 13.1 Å². The molecule has 1 aliphatic rings. The number of hydrogen-bond donors (Lipinski definition) is 0. The van der Waals surface area contributed by atoms with E-state index in [2.05, 4.69) is 4.98 Å². The van der Waals surface area contributed by atoms with E-state index in [-0.39, 0.29) is 17.0 Å². The van der Waals surface area contributed by atoms with Crippen molar-refractivity contribution >= 4 is 20.9 Å². The zero-order valence-corrected chi connectivity index (χ0v) is 16.2. The topological polar surface area (TPSA) is 72.3 Å². The lowest BCUT2D eigenvalue weighted by molar-refractivity contribution is 0.269. The molecular formula is C20H20FN3O3S. The number of nitrogens with zero attached hydrogens (tertiary/aromatic N) is 3. The molecule has 0 unspecified atom stereocenters. The van der Waals surface area contributed by atoms with Crippen molar-refractivity contribution in [1.29, 1.82) is 0 Å². The Morgan fingerprint density at radius 3 is 2.54 bits per heavy atom. The molecule has 3 aromatic rings. The van der Waals surface area contributed by atoms with Crippen LogP contribution in [0, 0.1) is 12.7 Å². The Kier molecular flexibility index (Phi) is 4.76. The van der Waals surface area contributed by atoms with Crippen molar-refractivity contribution in [3.63, 3.8) is 0 Å². The summed E-state index contributed by atoms with van der Waals surface area (Å²) in [7, 11) is -3.57. The first-order valence-electron chi connectivity index (χ1n) is 9.10. The zero-order chi connectivity index (χ0) is 19.9. The molecule has 28 heavy (non-hydrogen) atoms. The third-order valence-corrected chi connectivity index (χ3v) is 7.33. The maximum absolute atomic E-state index is 13.5. The minimum atomic E-state index is -3.57. The Balaban J connectivity index is 1.58. The molecule has 0 atom stereocenters. The zero-order valence-electron chi connectivity index (χ0n) is 15.4. The summed E-state index contributed by atoms with van der Waals surface area (Å²) >= 11 is 0. The number of sulfonamides is 1. The van der Waals surface area contributed by atoms with E-state index < -0.39 is 15.8 Å². The molecule has 1 fully saturated rings. The van der Waals surface area contributed by atoms with Gasteiger partial charge in [-0.05, 0) is 49.6 Å². The average Bonchev–Trinajstić information content (AvgIpc) is 2.69. The summed E-state index contributed by atoms with van der Waals surface area (Å²) in [5.74, 6) is -0.483. The minimum Gasteiger partial charge on any atom is -0.296 e. The molecule has 0 aliphatic carbocycles. The van der Waals surface area contributed by atoms with Crippen molar-refractivity contribution in [1.82, 2.24) is 13.9 Å². The number of aryl methyl sites for hydroxylation is 1. The molecule has 1 saturated heterocycles. The molecule has 1 aliphatic heterocycles. The summed E-state index contributed by atoms with van der Waals surface area (Å²) in [5.41, 5.74) is 0.855. The molecule has 0 saturated carbocycles. The summed E-state index contributed by atoms with van der Waals surface area (Å²) in [6.45, 7) is 2.41. The predicted octanol–water partition coefficient (Wildman–Crippen LogP) is 2.87. The van der Waals surface area contributed by atoms with Gasteiger partial charge in [-0.25, -0.2) is 17.8 Å². The highest BCUT2D eigenvalue weighted by Gasteiger charge is 2.31. The maximum Gasteiger partial charge on any atom is 0.261 e. The quantitative estimate of drug-likeness (QED) is 0.677. The normalized spacial score (nSPS) is 16.5. The molecule has 0 radical (unpaired) electrons. The highest BCUT2D eigenvalue weighted by molar-refractivity contribution is 7.89. The third-order valence-electron chi connectivity index (χ3n) is 5.27. The standard InChI is InChI=1S/C20H20FN3O3S/c1-14-4-2-3-5-19(14)28(26,27)23-10-8-16(9-11-23)24-13-22-18-7-6-15(21)12-17(18)20(24)25/h2-7,12-13,16H,8-11H2,1H3. The largest absolute Gasteiger partial charge is 0.296 e. The number of benzene rings is 2. The monoisotopic (exact) mass is 401 g/mol. The molecule has 4 rings (SSSR count). The highest BCUT2D eigenvalue weighted by Crippen LogP contribution is 2.27. The molecule has 2 heterocycles. The fourth-order valence-electron chi connectivity index (χ4n) is 3.71. The van der Waals surface area contributed by atoms with E-state index in [9.17, 15) is 17.6 Å². The first-order valence-corrected chi connectivity index (χ1v) is 10.5. The van der Waals surface area contributed by atoms with Crippen LogP contribution >= 0.6 is 0 Å². The molecule has 6 nitrogen and oxygen atoms in total. The third kappa shape index (κ3) is 3.22. The lowest BCUT2D eigenvalue weighted by Gasteiger charge is -2.32. The number of fused-ring (bicyclic) bond motifs is 1. The molecule has 146 valence electrons. The van der Waals surface area contributed by atoms with Gasteiger partial charge in [-0.2, -0.15) is 4.31 Å². The Morgan fingerprint density at radius 2 is 1.82 bits per heavy atom. The summed E-state index contributed by atoms with van der Waals surface area (Å²) in [6.07, 6.45) is 2.46. The van der Waals surface area contributed by atoms with Crippen LogP contribution in [0.1, 0.15) is 24.4 Å². The second-order valence-corrected chi connectivity index (χ2v) is 8.93. The molecule has 0 N–H and O–H groups in total. The number of halogens is 1. The van der Waals surface area contributed by atoms with Gasteiger partial charge < -0.3 is 0 Å². The number of piperidine rings is 1. The van der Waals surface area contributed by atoms with Gasteiger partial charge in [0.1, 0.15) is 5.82 Å². The minimum absolute atomic E-state index is 0.170. The van der Waals surface area contributed by atoms with Crippen molar-refractivity contribution in [2.45, 2.75) is 30.7 Å². The van der Waals surface area contributed by atoms with Crippen LogP contribution in [-0.2, 0) is 10.0 Å². The van der Waals surface area contributed by atoms with E-state index in [4.69, 9.17) is 0 Å². The fourth-order valence-corrected chi connectivity index (χ4v) is 5.41. The lowest BCUT2D eigenvalue weighted by Crippen LogP contribution is -2.41. The molecule has 0 spiro atoms. The van der Waals surface area contributed by atoms with E-state index in [1.54, 1.807) is 25.1 Å². The van der Waals surface area contributed by atoms with Gasteiger partial charge in [0.05, 0.1) is 22.1 Å². The van der Waals surface area contributed by atoms with Gasteiger partial charge in [0.15, 0.2) is 0 Å². The van der Waals surface area contributed by atoms with Crippen LogP contribution in [-0.4, -0.2) is 35.4 Å². The first kappa shape index (κ1) is 18.8. The fraction of sp³-hybridized carbons (Fsp3) is 0.300. The van der Waals surface area contributed by atoms with E-state index in [0.29, 0.717) is 41.9 Å². The predicted molar refractivity (Wildman–Crippen MR) is 104 cm³/mol. The van der Waals surface area contributed by atoms with E-state index in [1.165, 1.54) is 33.4 Å². The average molecular weight is 401 g/mol. The summed E-state index contributed by atoms with van der Waals surface area (Å²) in [4.78, 5) is 17.3. The molecule has 1 aromatic heterocycles. The van der Waals surface area contributed by atoms with Crippen LogP contribution in [0.15, 0.2) is 58.5 Å². The van der Waals surface area contributed by atoms with Crippen LogP contribution in [0.2, 0.25) is 0 Å². The second kappa shape index (κ2) is 7.10. The van der Waals surface area contributed by atoms with E-state index >= 15 is 0 Å². The van der Waals surface area contributed by atoms with Crippen molar-refractivity contribution < 1.29 is 12.8 Å². The summed E-state index contributed by atoms with van der Waals surface area (Å²) in [6, 6.07) is 10.7. The van der Waals surface area contributed by atoms with Crippen LogP contribution in [0.25, 0.3) is 10.9 Å². The molecular weight excluding hydrogens is 381 g/mol. The Labute approximate surface area is 162 Å². The van der Waals surface area contributed by atoms with Gasteiger partial charge in [-0.1, -0.05) is 18.2 Å². The van der Waals surface area contributed by atoms with Crippen molar-refractivity contribution in [2.24, 2.45) is 0 Å². The van der Waals surface area contributed by atoms with Crippen LogP contribution in [0.5, 0.6) is 0 Å². The van der Waals surface area contributed by atoms with Crippen LogP contribution in [0.3, 0.4) is 0 Å². The lowest BCUT2D eigenvalue weighted by atomic mass is 10.1. The van der Waals surface area contributed by atoms with Crippen molar-refractivity contribution in [3.8, 4) is 0 Å². The Bertz CT molecular complexity index is 1200. The summed E-state index contributed by atoms with van der Waals surface area (Å²) in [5, 5.41) is 0.234. The smallest absolute Gasteiger partial charge is 0.261 e. The van der Waals surface area contributed by atoms with E-state index in [0.717, 1.165) is 0 Å². The SMILES string of the molecule is Cc1ccccc1S(=O)(=O)N1CCC(n2cnc3ccc(F)cc3c2=O)CC1. The van der Waals surface area contributed by atoms with Gasteiger partial charge >= 0.3 is 0 Å². The highest BCUT2D eigenvalue weighted by atomic mass is 32.2. The first-order chi connectivity index (χ1) is 13.4. The maximum atomic E-state index is 13.5. The van der Waals surface area contributed by atoms with Crippen LogP contribution < -0.4 is 5.56 Å². The van der Waals surface area contributed by atoms with Gasteiger partial charge in [0.25, 0.3) is 5.56 Å². The van der Waals surface area contributed by atoms with Gasteiger partial charge in [-0.15, -0.1) is 0 Å². The number of aromatic nitrogens is 2. The second-order valence-electron chi connectivity index (χ2n) is 7.02. The number of hydrogen-bond acceptors (Lipinski definition) is 4. The van der Waals surface area contributed by atoms with Gasteiger partial charge in [0, 0.05) is 19.1 Å². The van der Waals surface area contributed by atoms with Crippen molar-refractivity contribution in [3.05, 3.63) is 70.5 Å². The molecule has 0 amide bonds. The summed E-state index contributed by atoms with van der Waals surface area (Å²) < 4.78 is 42.3. The van der Waals surface area contributed by atoms with Gasteiger partial charge in [-0.3, -0.25) is 9.36 Å². The Hall–Kier alpha value is -2.58. The molecule has 0 bridgehead atoms. The van der Waals surface area contributed by atoms with Crippen LogP contribution in [0.4, 0.5) is 4.39 Å². The Morgan fingerprint density at radius 1 is 1.11 bits per heavy atom. The van der Waals surface area contributed by atoms with Gasteiger partial charge in [0.2, 0.25) is 10.0 Å². The molecule has 8 heteroatoms. The van der Waals surface area contributed by atoms with E-state index in [1.807, 2.05) is 6.07 Å². The molecule has 2 aromatic carbocycles. The number of rotatable bonds is 3.